The van der Waals surface area contributed by atoms with Crippen LogP contribution in [0.2, 0.25) is 0 Å². The molecular formula is C12H25N3O2. The molecule has 2 atom stereocenters. The van der Waals surface area contributed by atoms with Crippen molar-refractivity contribution in [2.45, 2.75) is 26.4 Å². The topological polar surface area (TPSA) is 67.6 Å². The lowest BCUT2D eigenvalue weighted by molar-refractivity contribution is -0.129. The van der Waals surface area contributed by atoms with Crippen molar-refractivity contribution in [3.05, 3.63) is 0 Å². The molecule has 1 saturated heterocycles. The van der Waals surface area contributed by atoms with Crippen molar-refractivity contribution >= 4 is 5.91 Å². The van der Waals surface area contributed by atoms with Crippen LogP contribution in [0.4, 0.5) is 0 Å². The number of likely N-dealkylation sites (tertiary alicyclic amines) is 1. The van der Waals surface area contributed by atoms with E-state index in [-0.39, 0.29) is 17.4 Å². The van der Waals surface area contributed by atoms with E-state index >= 15 is 0 Å². The highest BCUT2D eigenvalue weighted by molar-refractivity contribution is 5.82. The number of ether oxygens (including phenoxy) is 1. The maximum atomic E-state index is 11.8. The quantitative estimate of drug-likeness (QED) is 0.678. The molecule has 5 heteroatoms. The summed E-state index contributed by atoms with van der Waals surface area (Å²) in [4.78, 5) is 14.0. The smallest absolute Gasteiger partial charge is 0.227 e. The van der Waals surface area contributed by atoms with Crippen LogP contribution >= 0.6 is 0 Å². The molecule has 0 radical (unpaired) electrons. The summed E-state index contributed by atoms with van der Waals surface area (Å²) in [6, 6.07) is 0. The van der Waals surface area contributed by atoms with E-state index in [1.807, 2.05) is 13.8 Å². The van der Waals surface area contributed by atoms with E-state index < -0.39 is 0 Å². The number of nitrogens with two attached hydrogens (primary N) is 1. The Kier molecular flexibility index (Phi) is 5.36. The largest absolute Gasteiger partial charge is 0.376 e. The lowest BCUT2D eigenvalue weighted by Gasteiger charge is -2.25. The van der Waals surface area contributed by atoms with Crippen LogP contribution in [0.25, 0.3) is 0 Å². The third-order valence-electron chi connectivity index (χ3n) is 3.45. The molecular weight excluding hydrogens is 218 g/mol. The minimum absolute atomic E-state index is 0.0760. The molecule has 5 nitrogen and oxygen atoms in total. The molecule has 0 bridgehead atoms. The van der Waals surface area contributed by atoms with Gasteiger partial charge in [-0.25, -0.2) is 0 Å². The van der Waals surface area contributed by atoms with Gasteiger partial charge in [0.15, 0.2) is 0 Å². The number of hydrogen-bond acceptors (Lipinski definition) is 4. The SMILES string of the molecule is CCOC(CN)CN1CCC(C)(C(=O)NC)C1. The minimum Gasteiger partial charge on any atom is -0.376 e. The van der Waals surface area contributed by atoms with Crippen LogP contribution in [-0.4, -0.2) is 56.7 Å². The highest BCUT2D eigenvalue weighted by Gasteiger charge is 2.40. The fraction of sp³-hybridized carbons (Fsp3) is 0.917. The zero-order valence-corrected chi connectivity index (χ0v) is 11.2. The summed E-state index contributed by atoms with van der Waals surface area (Å²) in [5, 5.41) is 2.74. The molecule has 1 aliphatic heterocycles. The predicted octanol–water partition coefficient (Wildman–Crippen LogP) is -0.192. The Balaban J connectivity index is 2.47. The Labute approximate surface area is 104 Å². The normalized spacial score (nSPS) is 27.1. The average Bonchev–Trinajstić information content (AvgIpc) is 2.70. The Morgan fingerprint density at radius 2 is 2.35 bits per heavy atom. The maximum absolute atomic E-state index is 11.8. The first-order valence-corrected chi connectivity index (χ1v) is 6.32. The van der Waals surface area contributed by atoms with Gasteiger partial charge in [-0.05, 0) is 26.8 Å². The van der Waals surface area contributed by atoms with Crippen molar-refractivity contribution < 1.29 is 9.53 Å². The number of nitrogens with one attached hydrogen (secondary N) is 1. The molecule has 0 aliphatic carbocycles. The molecule has 1 amide bonds. The predicted molar refractivity (Wildman–Crippen MR) is 67.7 cm³/mol. The maximum Gasteiger partial charge on any atom is 0.227 e. The fourth-order valence-corrected chi connectivity index (χ4v) is 2.42. The van der Waals surface area contributed by atoms with Crippen molar-refractivity contribution in [3.63, 3.8) is 0 Å². The first kappa shape index (κ1) is 14.4. The zero-order valence-electron chi connectivity index (χ0n) is 11.2. The summed E-state index contributed by atoms with van der Waals surface area (Å²) >= 11 is 0. The average molecular weight is 243 g/mol. The van der Waals surface area contributed by atoms with E-state index in [2.05, 4.69) is 10.2 Å². The first-order valence-electron chi connectivity index (χ1n) is 6.32. The second-order valence-electron chi connectivity index (χ2n) is 4.94. The monoisotopic (exact) mass is 243 g/mol. The summed E-state index contributed by atoms with van der Waals surface area (Å²) < 4.78 is 5.54. The van der Waals surface area contributed by atoms with Crippen LogP contribution in [0.15, 0.2) is 0 Å². The van der Waals surface area contributed by atoms with E-state index in [0.717, 1.165) is 26.1 Å². The van der Waals surface area contributed by atoms with Gasteiger partial charge in [0.1, 0.15) is 0 Å². The summed E-state index contributed by atoms with van der Waals surface area (Å²) in [7, 11) is 1.69. The zero-order chi connectivity index (χ0) is 12.9. The molecule has 1 aliphatic rings. The summed E-state index contributed by atoms with van der Waals surface area (Å²) in [6.07, 6.45) is 0.975. The van der Waals surface area contributed by atoms with Gasteiger partial charge in [-0.3, -0.25) is 9.69 Å². The van der Waals surface area contributed by atoms with E-state index in [0.29, 0.717) is 13.2 Å². The molecule has 0 spiro atoms. The molecule has 0 aromatic carbocycles. The van der Waals surface area contributed by atoms with Gasteiger partial charge in [0.25, 0.3) is 0 Å². The molecule has 1 rings (SSSR count). The highest BCUT2D eigenvalue weighted by Crippen LogP contribution is 2.30. The third kappa shape index (κ3) is 3.66. The van der Waals surface area contributed by atoms with Crippen LogP contribution < -0.4 is 11.1 Å². The van der Waals surface area contributed by atoms with Gasteiger partial charge in [-0.1, -0.05) is 0 Å². The Morgan fingerprint density at radius 1 is 1.65 bits per heavy atom. The third-order valence-corrected chi connectivity index (χ3v) is 3.45. The van der Waals surface area contributed by atoms with Crippen LogP contribution in [0.3, 0.4) is 0 Å². The van der Waals surface area contributed by atoms with Crippen molar-refractivity contribution in [2.75, 3.05) is 39.8 Å². The van der Waals surface area contributed by atoms with Crippen LogP contribution in [0.1, 0.15) is 20.3 Å². The fourth-order valence-electron chi connectivity index (χ4n) is 2.42. The van der Waals surface area contributed by atoms with Gasteiger partial charge >= 0.3 is 0 Å². The number of carbonyl (C=O) groups excluding carboxylic acids is 1. The van der Waals surface area contributed by atoms with Crippen molar-refractivity contribution in [3.8, 4) is 0 Å². The van der Waals surface area contributed by atoms with Gasteiger partial charge in [-0.15, -0.1) is 0 Å². The molecule has 0 aromatic rings. The summed E-state index contributed by atoms with van der Waals surface area (Å²) in [6.45, 7) is 7.75. The Bertz CT molecular complexity index is 260. The van der Waals surface area contributed by atoms with E-state index in [9.17, 15) is 4.79 Å². The standard InChI is InChI=1S/C12H25N3O2/c1-4-17-10(7-13)8-15-6-5-12(2,9-15)11(16)14-3/h10H,4-9,13H2,1-3H3,(H,14,16). The van der Waals surface area contributed by atoms with Gasteiger partial charge < -0.3 is 15.8 Å². The number of nitrogens with zero attached hydrogens (tertiary/aromatic N) is 1. The Hall–Kier alpha value is -0.650. The van der Waals surface area contributed by atoms with Crippen LogP contribution in [0, 0.1) is 5.41 Å². The van der Waals surface area contributed by atoms with Crippen LogP contribution in [-0.2, 0) is 9.53 Å². The molecule has 17 heavy (non-hydrogen) atoms. The highest BCUT2D eigenvalue weighted by atomic mass is 16.5. The van der Waals surface area contributed by atoms with Crippen molar-refractivity contribution in [1.29, 1.82) is 0 Å². The van der Waals surface area contributed by atoms with Crippen LogP contribution in [0.5, 0.6) is 0 Å². The molecule has 1 heterocycles. The number of rotatable bonds is 6. The van der Waals surface area contributed by atoms with E-state index in [1.54, 1.807) is 7.05 Å². The number of carbonyl (C=O) groups is 1. The van der Waals surface area contributed by atoms with Gasteiger partial charge in [0.05, 0.1) is 11.5 Å². The van der Waals surface area contributed by atoms with E-state index in [1.165, 1.54) is 0 Å². The first-order chi connectivity index (χ1) is 8.05. The van der Waals surface area contributed by atoms with E-state index in [4.69, 9.17) is 10.5 Å². The molecule has 0 saturated carbocycles. The van der Waals surface area contributed by atoms with Gasteiger partial charge in [0, 0.05) is 33.3 Å². The van der Waals surface area contributed by atoms with Gasteiger partial charge in [-0.2, -0.15) is 0 Å². The van der Waals surface area contributed by atoms with Crippen molar-refractivity contribution in [2.24, 2.45) is 11.1 Å². The molecule has 2 unspecified atom stereocenters. The second-order valence-corrected chi connectivity index (χ2v) is 4.94. The molecule has 1 fully saturated rings. The van der Waals surface area contributed by atoms with Gasteiger partial charge in [0.2, 0.25) is 5.91 Å². The lowest BCUT2D eigenvalue weighted by atomic mass is 9.89. The summed E-state index contributed by atoms with van der Waals surface area (Å²) in [5.74, 6) is 0.126. The second kappa shape index (κ2) is 6.33. The van der Waals surface area contributed by atoms with Crippen molar-refractivity contribution in [1.82, 2.24) is 10.2 Å². The molecule has 3 N–H and O–H groups in total. The summed E-state index contributed by atoms with van der Waals surface area (Å²) in [5.41, 5.74) is 5.40. The number of amides is 1. The lowest BCUT2D eigenvalue weighted by Crippen LogP contribution is -2.42. The molecule has 0 aromatic heterocycles. The Morgan fingerprint density at radius 3 is 2.88 bits per heavy atom. The minimum atomic E-state index is -0.264. The number of hydrogen-bond donors (Lipinski definition) is 2. The molecule has 100 valence electrons.